The fraction of sp³-hybridized carbons (Fsp3) is 0.600. The zero-order valence-electron chi connectivity index (χ0n) is 8.03. The second-order valence-corrected chi connectivity index (χ2v) is 3.27. The van der Waals surface area contributed by atoms with E-state index in [1.54, 1.807) is 6.07 Å². The van der Waals surface area contributed by atoms with Gasteiger partial charge >= 0.3 is 0 Å². The molecule has 3 heteroatoms. The third kappa shape index (κ3) is 1.92. The summed E-state index contributed by atoms with van der Waals surface area (Å²) in [4.78, 5) is 0. The summed E-state index contributed by atoms with van der Waals surface area (Å²) in [5.41, 5.74) is -0.407. The predicted molar refractivity (Wildman–Crippen MR) is 49.2 cm³/mol. The quantitative estimate of drug-likeness (QED) is 0.751. The highest BCUT2D eigenvalue weighted by Crippen LogP contribution is 2.31. The molecule has 0 spiro atoms. The van der Waals surface area contributed by atoms with Crippen LogP contribution in [0.15, 0.2) is 23.0 Å². The molecular weight excluding hydrogens is 168 g/mol. The minimum atomic E-state index is -1.04. The van der Waals surface area contributed by atoms with Crippen LogP contribution in [0.5, 0.6) is 0 Å². The summed E-state index contributed by atoms with van der Waals surface area (Å²) in [6.45, 7) is 3.71. The summed E-state index contributed by atoms with van der Waals surface area (Å²) in [6.07, 6.45) is 3.14. The molecule has 13 heavy (non-hydrogen) atoms. The smallest absolute Gasteiger partial charge is 0.111 e. The van der Waals surface area contributed by atoms with Gasteiger partial charge in [-0.1, -0.05) is 13.8 Å². The molecule has 0 amide bonds. The molecular formula is C10H16O3. The Kier molecular flexibility index (Phi) is 3.12. The Bertz CT molecular complexity index is 237. The SMILES string of the molecule is CCC(O)(CC)C(O)c1ccoc1. The van der Waals surface area contributed by atoms with Crippen LogP contribution in [-0.2, 0) is 0 Å². The summed E-state index contributed by atoms with van der Waals surface area (Å²) in [5.74, 6) is 0. The molecule has 1 rings (SSSR count). The van der Waals surface area contributed by atoms with Crippen LogP contribution < -0.4 is 0 Å². The minimum Gasteiger partial charge on any atom is -0.472 e. The van der Waals surface area contributed by atoms with Crippen molar-refractivity contribution in [3.8, 4) is 0 Å². The van der Waals surface area contributed by atoms with Crippen LogP contribution in [0.25, 0.3) is 0 Å². The van der Waals surface area contributed by atoms with Gasteiger partial charge in [0.2, 0.25) is 0 Å². The lowest BCUT2D eigenvalue weighted by Crippen LogP contribution is -2.34. The minimum absolute atomic E-state index is 0.524. The van der Waals surface area contributed by atoms with E-state index in [4.69, 9.17) is 4.42 Å². The van der Waals surface area contributed by atoms with Gasteiger partial charge in [-0.3, -0.25) is 0 Å². The van der Waals surface area contributed by atoms with Gasteiger partial charge in [0.25, 0.3) is 0 Å². The summed E-state index contributed by atoms with van der Waals surface area (Å²) in [6, 6.07) is 1.67. The summed E-state index contributed by atoms with van der Waals surface area (Å²) >= 11 is 0. The van der Waals surface area contributed by atoms with Crippen molar-refractivity contribution in [1.29, 1.82) is 0 Å². The average molecular weight is 184 g/mol. The van der Waals surface area contributed by atoms with Crippen molar-refractivity contribution in [1.82, 2.24) is 0 Å². The third-order valence-electron chi connectivity index (χ3n) is 2.59. The first kappa shape index (κ1) is 10.3. The van der Waals surface area contributed by atoms with Gasteiger partial charge in [0.15, 0.2) is 0 Å². The maximum absolute atomic E-state index is 9.98. The molecule has 0 fully saturated rings. The lowest BCUT2D eigenvalue weighted by molar-refractivity contribution is -0.0822. The number of aliphatic hydroxyl groups excluding tert-OH is 1. The Morgan fingerprint density at radius 1 is 1.46 bits per heavy atom. The van der Waals surface area contributed by atoms with E-state index in [2.05, 4.69) is 0 Å². The zero-order valence-corrected chi connectivity index (χ0v) is 8.03. The number of rotatable bonds is 4. The molecule has 1 heterocycles. The molecule has 1 atom stereocenters. The summed E-state index contributed by atoms with van der Waals surface area (Å²) in [7, 11) is 0. The molecule has 1 aromatic heterocycles. The van der Waals surface area contributed by atoms with Crippen molar-refractivity contribution in [2.75, 3.05) is 0 Å². The average Bonchev–Trinajstić information content (AvgIpc) is 2.68. The van der Waals surface area contributed by atoms with E-state index in [-0.39, 0.29) is 0 Å². The van der Waals surface area contributed by atoms with Gasteiger partial charge in [0.1, 0.15) is 6.10 Å². The lowest BCUT2D eigenvalue weighted by Gasteiger charge is -2.30. The molecule has 0 aliphatic carbocycles. The van der Waals surface area contributed by atoms with Crippen molar-refractivity contribution in [2.24, 2.45) is 0 Å². The monoisotopic (exact) mass is 184 g/mol. The van der Waals surface area contributed by atoms with E-state index in [0.29, 0.717) is 18.4 Å². The fourth-order valence-electron chi connectivity index (χ4n) is 1.38. The molecule has 3 nitrogen and oxygen atoms in total. The van der Waals surface area contributed by atoms with Crippen molar-refractivity contribution < 1.29 is 14.6 Å². The maximum atomic E-state index is 9.98. The van der Waals surface area contributed by atoms with Gasteiger partial charge < -0.3 is 14.6 Å². The Morgan fingerprint density at radius 2 is 2.08 bits per heavy atom. The van der Waals surface area contributed by atoms with Gasteiger partial charge in [0.05, 0.1) is 18.1 Å². The van der Waals surface area contributed by atoms with Crippen LogP contribution in [0.3, 0.4) is 0 Å². The molecule has 0 saturated heterocycles. The topological polar surface area (TPSA) is 53.6 Å². The normalized spacial score (nSPS) is 14.5. The fourth-order valence-corrected chi connectivity index (χ4v) is 1.38. The molecule has 0 saturated carbocycles. The molecule has 1 aromatic rings. The van der Waals surface area contributed by atoms with Crippen LogP contribution >= 0.6 is 0 Å². The summed E-state index contributed by atoms with van der Waals surface area (Å²) in [5, 5.41) is 19.8. The predicted octanol–water partition coefficient (Wildman–Crippen LogP) is 1.86. The Hall–Kier alpha value is -0.800. The highest BCUT2D eigenvalue weighted by atomic mass is 16.3. The summed E-state index contributed by atoms with van der Waals surface area (Å²) < 4.78 is 4.85. The third-order valence-corrected chi connectivity index (χ3v) is 2.59. The van der Waals surface area contributed by atoms with Crippen LogP contribution in [0, 0.1) is 0 Å². The Morgan fingerprint density at radius 3 is 2.46 bits per heavy atom. The van der Waals surface area contributed by atoms with Crippen LogP contribution in [0.2, 0.25) is 0 Å². The molecule has 1 unspecified atom stereocenters. The van der Waals surface area contributed by atoms with Crippen LogP contribution in [0.4, 0.5) is 0 Å². The zero-order chi connectivity index (χ0) is 9.90. The number of hydrogen-bond acceptors (Lipinski definition) is 3. The molecule has 0 aliphatic rings. The number of aliphatic hydroxyl groups is 2. The largest absolute Gasteiger partial charge is 0.472 e. The van der Waals surface area contributed by atoms with E-state index in [1.165, 1.54) is 12.5 Å². The van der Waals surface area contributed by atoms with Gasteiger partial charge in [-0.25, -0.2) is 0 Å². The maximum Gasteiger partial charge on any atom is 0.111 e. The molecule has 2 N–H and O–H groups in total. The first-order chi connectivity index (χ1) is 6.14. The van der Waals surface area contributed by atoms with Crippen LogP contribution in [-0.4, -0.2) is 15.8 Å². The van der Waals surface area contributed by atoms with Gasteiger partial charge in [-0.15, -0.1) is 0 Å². The highest BCUT2D eigenvalue weighted by molar-refractivity contribution is 5.13. The van der Waals surface area contributed by atoms with E-state index >= 15 is 0 Å². The standard InChI is InChI=1S/C10H16O3/c1-3-10(12,4-2)9(11)8-5-6-13-7-8/h5-7,9,11-12H,3-4H2,1-2H3. The first-order valence-electron chi connectivity index (χ1n) is 4.56. The van der Waals surface area contributed by atoms with E-state index in [9.17, 15) is 10.2 Å². The second kappa shape index (κ2) is 3.94. The van der Waals surface area contributed by atoms with Gasteiger partial charge in [-0.2, -0.15) is 0 Å². The van der Waals surface area contributed by atoms with Gasteiger partial charge in [-0.05, 0) is 18.9 Å². The van der Waals surface area contributed by atoms with Crippen molar-refractivity contribution in [3.05, 3.63) is 24.2 Å². The van der Waals surface area contributed by atoms with Crippen molar-refractivity contribution in [2.45, 2.75) is 38.4 Å². The Labute approximate surface area is 78.0 Å². The van der Waals surface area contributed by atoms with E-state index in [0.717, 1.165) is 0 Å². The lowest BCUT2D eigenvalue weighted by atomic mass is 9.87. The molecule has 74 valence electrons. The first-order valence-corrected chi connectivity index (χ1v) is 4.56. The Balaban J connectivity index is 2.82. The molecule has 0 aliphatic heterocycles. The van der Waals surface area contributed by atoms with Gasteiger partial charge in [0, 0.05) is 5.56 Å². The molecule has 0 radical (unpaired) electrons. The number of hydrogen-bond donors (Lipinski definition) is 2. The van der Waals surface area contributed by atoms with Crippen LogP contribution in [0.1, 0.15) is 38.4 Å². The van der Waals surface area contributed by atoms with Crippen molar-refractivity contribution in [3.63, 3.8) is 0 Å². The number of furan rings is 1. The molecule has 0 bridgehead atoms. The second-order valence-electron chi connectivity index (χ2n) is 3.27. The highest BCUT2D eigenvalue weighted by Gasteiger charge is 2.33. The van der Waals surface area contributed by atoms with Crippen molar-refractivity contribution >= 4 is 0 Å². The van der Waals surface area contributed by atoms with E-state index in [1.807, 2.05) is 13.8 Å². The molecule has 0 aromatic carbocycles. The van der Waals surface area contributed by atoms with E-state index < -0.39 is 11.7 Å².